The number of amides is 1. The third-order valence-corrected chi connectivity index (χ3v) is 2.85. The molecule has 1 aliphatic heterocycles. The Labute approximate surface area is 94.9 Å². The molecule has 1 fully saturated rings. The molecule has 1 aromatic carbocycles. The molecule has 1 saturated heterocycles. The van der Waals surface area contributed by atoms with Gasteiger partial charge in [0.2, 0.25) is 0 Å². The summed E-state index contributed by atoms with van der Waals surface area (Å²) in [4.78, 5) is 12.7. The Morgan fingerprint density at radius 3 is 2.44 bits per heavy atom. The van der Waals surface area contributed by atoms with E-state index in [1.165, 1.54) is 18.5 Å². The van der Waals surface area contributed by atoms with Crippen molar-refractivity contribution in [3.8, 4) is 0 Å². The highest BCUT2D eigenvalue weighted by atomic mass is 16.4. The van der Waals surface area contributed by atoms with Crippen molar-refractivity contribution < 1.29 is 9.90 Å². The predicted molar refractivity (Wildman–Crippen MR) is 62.8 cm³/mol. The maximum atomic E-state index is 10.3. The summed E-state index contributed by atoms with van der Waals surface area (Å²) in [5, 5.41) is 10.8. The van der Waals surface area contributed by atoms with Crippen molar-refractivity contribution in [1.82, 2.24) is 5.32 Å². The van der Waals surface area contributed by atoms with Crippen molar-refractivity contribution in [2.24, 2.45) is 0 Å². The Hall–Kier alpha value is -1.71. The maximum Gasteiger partial charge on any atom is 0.404 e. The van der Waals surface area contributed by atoms with Gasteiger partial charge in [0.05, 0.1) is 0 Å². The Balaban J connectivity index is 1.95. The van der Waals surface area contributed by atoms with Gasteiger partial charge in [0.15, 0.2) is 0 Å². The van der Waals surface area contributed by atoms with E-state index in [0.29, 0.717) is 6.54 Å². The summed E-state index contributed by atoms with van der Waals surface area (Å²) in [6.07, 6.45) is 1.55. The van der Waals surface area contributed by atoms with Crippen LogP contribution in [0.1, 0.15) is 18.4 Å². The number of rotatable bonds is 3. The minimum atomic E-state index is -0.983. The number of anilines is 1. The van der Waals surface area contributed by atoms with E-state index in [4.69, 9.17) is 5.11 Å². The van der Waals surface area contributed by atoms with Crippen molar-refractivity contribution in [2.45, 2.75) is 19.4 Å². The van der Waals surface area contributed by atoms with Crippen LogP contribution in [0.5, 0.6) is 0 Å². The van der Waals surface area contributed by atoms with E-state index in [0.717, 1.165) is 18.7 Å². The molecule has 0 aliphatic carbocycles. The van der Waals surface area contributed by atoms with Crippen LogP contribution in [0.2, 0.25) is 0 Å². The lowest BCUT2D eigenvalue weighted by Crippen LogP contribution is -2.20. The highest BCUT2D eigenvalue weighted by Gasteiger charge is 2.11. The van der Waals surface area contributed by atoms with Gasteiger partial charge >= 0.3 is 6.09 Å². The average Bonchev–Trinajstić information content (AvgIpc) is 2.80. The van der Waals surface area contributed by atoms with E-state index in [-0.39, 0.29) is 0 Å². The Kier molecular flexibility index (Phi) is 3.29. The second-order valence-electron chi connectivity index (χ2n) is 4.02. The van der Waals surface area contributed by atoms with Crippen LogP contribution in [-0.4, -0.2) is 24.3 Å². The van der Waals surface area contributed by atoms with Gasteiger partial charge in [-0.15, -0.1) is 0 Å². The van der Waals surface area contributed by atoms with E-state index >= 15 is 0 Å². The first-order chi connectivity index (χ1) is 7.75. The first-order valence-corrected chi connectivity index (χ1v) is 5.56. The molecule has 0 aromatic heterocycles. The zero-order valence-electron chi connectivity index (χ0n) is 9.15. The van der Waals surface area contributed by atoms with Gasteiger partial charge in [-0.3, -0.25) is 0 Å². The zero-order chi connectivity index (χ0) is 11.4. The molecule has 1 amide bonds. The lowest BCUT2D eigenvalue weighted by molar-refractivity contribution is 0.194. The van der Waals surface area contributed by atoms with Gasteiger partial charge in [-0.2, -0.15) is 0 Å². The van der Waals surface area contributed by atoms with Crippen LogP contribution in [0.15, 0.2) is 24.3 Å². The van der Waals surface area contributed by atoms with Crippen LogP contribution >= 0.6 is 0 Å². The smallest absolute Gasteiger partial charge is 0.404 e. The fourth-order valence-electron chi connectivity index (χ4n) is 1.98. The van der Waals surface area contributed by atoms with Crippen LogP contribution < -0.4 is 10.2 Å². The van der Waals surface area contributed by atoms with Crippen molar-refractivity contribution >= 4 is 11.8 Å². The normalized spacial score (nSPS) is 15.1. The quantitative estimate of drug-likeness (QED) is 0.819. The fraction of sp³-hybridized carbons (Fsp3) is 0.417. The Morgan fingerprint density at radius 1 is 1.25 bits per heavy atom. The van der Waals surface area contributed by atoms with E-state index in [1.807, 2.05) is 12.1 Å². The first-order valence-electron chi connectivity index (χ1n) is 5.56. The molecule has 1 heterocycles. The maximum absolute atomic E-state index is 10.3. The number of nitrogens with one attached hydrogen (secondary N) is 1. The average molecular weight is 220 g/mol. The van der Waals surface area contributed by atoms with Crippen molar-refractivity contribution in [1.29, 1.82) is 0 Å². The largest absolute Gasteiger partial charge is 0.465 e. The first kappa shape index (κ1) is 10.8. The highest BCUT2D eigenvalue weighted by molar-refractivity contribution is 5.64. The van der Waals surface area contributed by atoms with Crippen LogP contribution in [0.25, 0.3) is 0 Å². The molecule has 86 valence electrons. The fourth-order valence-corrected chi connectivity index (χ4v) is 1.98. The summed E-state index contributed by atoms with van der Waals surface area (Å²) in [7, 11) is 0. The molecule has 0 radical (unpaired) electrons. The van der Waals surface area contributed by atoms with Gasteiger partial charge in [-0.25, -0.2) is 4.79 Å². The number of benzene rings is 1. The molecule has 0 bridgehead atoms. The minimum absolute atomic E-state index is 0.371. The third-order valence-electron chi connectivity index (χ3n) is 2.85. The number of nitrogens with zero attached hydrogens (tertiary/aromatic N) is 1. The molecule has 0 unspecified atom stereocenters. The van der Waals surface area contributed by atoms with Crippen LogP contribution in [0.4, 0.5) is 10.5 Å². The monoisotopic (exact) mass is 220 g/mol. The van der Waals surface area contributed by atoms with Gasteiger partial charge < -0.3 is 15.3 Å². The molecule has 1 aromatic rings. The van der Waals surface area contributed by atoms with Crippen LogP contribution in [-0.2, 0) is 6.54 Å². The van der Waals surface area contributed by atoms with E-state index < -0.39 is 6.09 Å². The third kappa shape index (κ3) is 2.66. The number of carboxylic acid groups (broad SMARTS) is 1. The summed E-state index contributed by atoms with van der Waals surface area (Å²) in [5.74, 6) is 0. The van der Waals surface area contributed by atoms with E-state index in [9.17, 15) is 4.79 Å². The molecule has 0 spiro atoms. The lowest BCUT2D eigenvalue weighted by Gasteiger charge is -2.17. The second-order valence-corrected chi connectivity index (χ2v) is 4.02. The zero-order valence-corrected chi connectivity index (χ0v) is 9.15. The number of hydrogen-bond donors (Lipinski definition) is 2. The summed E-state index contributed by atoms with van der Waals surface area (Å²) in [5.41, 5.74) is 2.22. The molecular weight excluding hydrogens is 204 g/mol. The lowest BCUT2D eigenvalue weighted by atomic mass is 10.2. The predicted octanol–water partition coefficient (Wildman–Crippen LogP) is 2.05. The van der Waals surface area contributed by atoms with Gasteiger partial charge in [0.1, 0.15) is 0 Å². The molecule has 4 heteroatoms. The standard InChI is InChI=1S/C12H16N2O2/c15-12(16)13-9-10-3-5-11(6-4-10)14-7-1-2-8-14/h3-6,13H,1-2,7-9H2,(H,15,16). The van der Waals surface area contributed by atoms with Crippen molar-refractivity contribution in [3.63, 3.8) is 0 Å². The van der Waals surface area contributed by atoms with Gasteiger partial charge in [0.25, 0.3) is 0 Å². The molecule has 0 saturated carbocycles. The molecule has 16 heavy (non-hydrogen) atoms. The van der Waals surface area contributed by atoms with Crippen molar-refractivity contribution in [3.05, 3.63) is 29.8 Å². The second kappa shape index (κ2) is 4.88. The van der Waals surface area contributed by atoms with Gasteiger partial charge in [-0.05, 0) is 30.5 Å². The van der Waals surface area contributed by atoms with E-state index in [1.54, 1.807) is 0 Å². The summed E-state index contributed by atoms with van der Waals surface area (Å²) >= 11 is 0. The molecule has 0 atom stereocenters. The number of hydrogen-bond acceptors (Lipinski definition) is 2. The molecule has 1 aliphatic rings. The number of carbonyl (C=O) groups is 1. The van der Waals surface area contributed by atoms with E-state index in [2.05, 4.69) is 22.3 Å². The van der Waals surface area contributed by atoms with Gasteiger partial charge in [-0.1, -0.05) is 12.1 Å². The van der Waals surface area contributed by atoms with Crippen molar-refractivity contribution in [2.75, 3.05) is 18.0 Å². The highest BCUT2D eigenvalue weighted by Crippen LogP contribution is 2.20. The SMILES string of the molecule is O=C(O)NCc1ccc(N2CCCC2)cc1. The Morgan fingerprint density at radius 2 is 1.88 bits per heavy atom. The summed E-state index contributed by atoms with van der Waals surface area (Å²) in [6.45, 7) is 2.63. The topological polar surface area (TPSA) is 52.6 Å². The summed E-state index contributed by atoms with van der Waals surface area (Å²) in [6, 6.07) is 8.07. The van der Waals surface area contributed by atoms with Gasteiger partial charge in [0, 0.05) is 25.3 Å². The Bertz CT molecular complexity index is 356. The minimum Gasteiger partial charge on any atom is -0.465 e. The molecular formula is C12H16N2O2. The molecule has 2 N–H and O–H groups in total. The van der Waals surface area contributed by atoms with Crippen LogP contribution in [0, 0.1) is 0 Å². The molecule has 4 nitrogen and oxygen atoms in total. The molecule has 2 rings (SSSR count). The van der Waals surface area contributed by atoms with Crippen LogP contribution in [0.3, 0.4) is 0 Å². The summed E-state index contributed by atoms with van der Waals surface area (Å²) < 4.78 is 0.